The average Bonchev–Trinajstić information content (AvgIpc) is 2.33. The Morgan fingerprint density at radius 3 is 2.77 bits per heavy atom. The summed E-state index contributed by atoms with van der Waals surface area (Å²) >= 11 is 7.17. The molecule has 0 saturated heterocycles. The highest BCUT2D eigenvalue weighted by molar-refractivity contribution is 7.15. The van der Waals surface area contributed by atoms with E-state index < -0.39 is 0 Å². The molecule has 0 fully saturated rings. The lowest BCUT2D eigenvalue weighted by Crippen LogP contribution is -2.28. The van der Waals surface area contributed by atoms with E-state index in [9.17, 15) is 0 Å². The molecule has 0 aliphatic rings. The second-order valence-corrected chi connectivity index (χ2v) is 5.34. The fourth-order valence-corrected chi connectivity index (χ4v) is 1.57. The van der Waals surface area contributed by atoms with E-state index in [1.807, 2.05) is 20.8 Å². The molecule has 0 saturated carbocycles. The van der Waals surface area contributed by atoms with Crippen LogP contribution in [0.5, 0.6) is 0 Å². The van der Waals surface area contributed by atoms with Gasteiger partial charge in [0.25, 0.3) is 0 Å². The van der Waals surface area contributed by atoms with Crippen molar-refractivity contribution in [1.82, 2.24) is 10.5 Å². The van der Waals surface area contributed by atoms with Crippen molar-refractivity contribution >= 4 is 22.9 Å². The molecule has 0 unspecified atom stereocenters. The van der Waals surface area contributed by atoms with Gasteiger partial charge >= 0.3 is 0 Å². The Kier molecular flexibility index (Phi) is 3.67. The van der Waals surface area contributed by atoms with Crippen LogP contribution in [0.4, 0.5) is 0 Å². The number of rotatable bonds is 3. The van der Waals surface area contributed by atoms with Crippen LogP contribution in [0.15, 0.2) is 6.20 Å². The Bertz CT molecular complexity index is 269. The molecule has 5 heteroatoms. The minimum atomic E-state index is -0.180. The van der Waals surface area contributed by atoms with Gasteiger partial charge in [-0.05, 0) is 20.8 Å². The molecule has 1 heterocycles. The van der Waals surface area contributed by atoms with Gasteiger partial charge in [-0.3, -0.25) is 4.84 Å². The van der Waals surface area contributed by atoms with Crippen molar-refractivity contribution in [3.05, 3.63) is 15.5 Å². The standard InChI is InChI=1S/C8H13ClN2OS/c1-8(2,3)12-11-5-7-10-4-6(9)13-7/h4,11H,5H2,1-3H3. The third-order valence-corrected chi connectivity index (χ3v) is 2.24. The third-order valence-electron chi connectivity index (χ3n) is 1.13. The highest BCUT2D eigenvalue weighted by atomic mass is 35.5. The van der Waals surface area contributed by atoms with Gasteiger partial charge in [0.1, 0.15) is 9.34 Å². The number of hydroxylamine groups is 1. The van der Waals surface area contributed by atoms with Crippen LogP contribution in [0.25, 0.3) is 0 Å². The van der Waals surface area contributed by atoms with Crippen LogP contribution in [0.3, 0.4) is 0 Å². The monoisotopic (exact) mass is 220 g/mol. The number of aromatic nitrogens is 1. The van der Waals surface area contributed by atoms with Crippen molar-refractivity contribution in [2.24, 2.45) is 0 Å². The van der Waals surface area contributed by atoms with Crippen molar-refractivity contribution in [1.29, 1.82) is 0 Å². The Morgan fingerprint density at radius 1 is 1.62 bits per heavy atom. The molecule has 13 heavy (non-hydrogen) atoms. The predicted molar refractivity (Wildman–Crippen MR) is 54.8 cm³/mol. The molecule has 0 bridgehead atoms. The first-order valence-electron chi connectivity index (χ1n) is 3.98. The first-order chi connectivity index (χ1) is 5.97. The van der Waals surface area contributed by atoms with E-state index in [0.29, 0.717) is 10.9 Å². The van der Waals surface area contributed by atoms with E-state index in [0.717, 1.165) is 5.01 Å². The van der Waals surface area contributed by atoms with Gasteiger partial charge in [-0.1, -0.05) is 11.6 Å². The van der Waals surface area contributed by atoms with Gasteiger partial charge in [0.2, 0.25) is 0 Å². The van der Waals surface area contributed by atoms with E-state index in [1.54, 1.807) is 6.20 Å². The third kappa shape index (κ3) is 4.57. The molecule has 0 spiro atoms. The van der Waals surface area contributed by atoms with Crippen LogP contribution < -0.4 is 5.48 Å². The zero-order valence-electron chi connectivity index (χ0n) is 7.93. The van der Waals surface area contributed by atoms with Crippen LogP contribution in [-0.2, 0) is 11.4 Å². The molecule has 1 aromatic heterocycles. The minimum Gasteiger partial charge on any atom is -0.296 e. The second kappa shape index (κ2) is 4.37. The Balaban J connectivity index is 2.28. The zero-order chi connectivity index (χ0) is 9.90. The summed E-state index contributed by atoms with van der Waals surface area (Å²) in [5, 5.41) is 0.925. The summed E-state index contributed by atoms with van der Waals surface area (Å²) < 4.78 is 0.701. The predicted octanol–water partition coefficient (Wildman–Crippen LogP) is 2.62. The molecule has 74 valence electrons. The molecule has 0 aromatic carbocycles. The maximum atomic E-state index is 5.72. The summed E-state index contributed by atoms with van der Waals surface area (Å²) in [5.74, 6) is 0. The van der Waals surface area contributed by atoms with Gasteiger partial charge in [-0.15, -0.1) is 11.3 Å². The van der Waals surface area contributed by atoms with Gasteiger partial charge in [0, 0.05) is 0 Å². The van der Waals surface area contributed by atoms with Crippen LogP contribution in [-0.4, -0.2) is 10.6 Å². The van der Waals surface area contributed by atoms with Gasteiger partial charge in [-0.25, -0.2) is 4.98 Å². The molecule has 0 radical (unpaired) electrons. The summed E-state index contributed by atoms with van der Waals surface area (Å²) in [5.41, 5.74) is 2.66. The first-order valence-corrected chi connectivity index (χ1v) is 5.18. The summed E-state index contributed by atoms with van der Waals surface area (Å²) in [7, 11) is 0. The van der Waals surface area contributed by atoms with Crippen LogP contribution >= 0.6 is 22.9 Å². The van der Waals surface area contributed by atoms with E-state index in [4.69, 9.17) is 16.4 Å². The molecular weight excluding hydrogens is 208 g/mol. The van der Waals surface area contributed by atoms with Crippen molar-refractivity contribution in [3.8, 4) is 0 Å². The zero-order valence-corrected chi connectivity index (χ0v) is 9.50. The number of thiazole rings is 1. The highest BCUT2D eigenvalue weighted by Gasteiger charge is 2.10. The Labute approximate surface area is 87.0 Å². The quantitative estimate of drug-likeness (QED) is 0.796. The molecule has 0 aliphatic heterocycles. The van der Waals surface area contributed by atoms with Crippen LogP contribution in [0.2, 0.25) is 4.34 Å². The van der Waals surface area contributed by atoms with E-state index in [2.05, 4.69) is 10.5 Å². The van der Waals surface area contributed by atoms with Gasteiger partial charge in [-0.2, -0.15) is 5.48 Å². The van der Waals surface area contributed by atoms with Crippen molar-refractivity contribution in [2.75, 3.05) is 0 Å². The number of nitrogens with zero attached hydrogens (tertiary/aromatic N) is 1. The van der Waals surface area contributed by atoms with Gasteiger partial charge in [0.05, 0.1) is 18.3 Å². The molecular formula is C8H13ClN2OS. The SMILES string of the molecule is CC(C)(C)ONCc1ncc(Cl)s1. The van der Waals surface area contributed by atoms with Gasteiger partial charge in [0.15, 0.2) is 0 Å². The van der Waals surface area contributed by atoms with Crippen LogP contribution in [0, 0.1) is 0 Å². The molecule has 0 aliphatic carbocycles. The maximum Gasteiger partial charge on any atom is 0.113 e. The molecule has 1 N–H and O–H groups in total. The number of halogens is 1. The smallest absolute Gasteiger partial charge is 0.113 e. The largest absolute Gasteiger partial charge is 0.296 e. The molecule has 1 aromatic rings. The number of nitrogens with one attached hydrogen (secondary N) is 1. The lowest BCUT2D eigenvalue weighted by Gasteiger charge is -2.18. The maximum absolute atomic E-state index is 5.72. The molecule has 0 amide bonds. The fraction of sp³-hybridized carbons (Fsp3) is 0.625. The highest BCUT2D eigenvalue weighted by Crippen LogP contribution is 2.18. The lowest BCUT2D eigenvalue weighted by atomic mass is 10.2. The number of hydrogen-bond acceptors (Lipinski definition) is 4. The molecule has 1 rings (SSSR count). The topological polar surface area (TPSA) is 34.1 Å². The summed E-state index contributed by atoms with van der Waals surface area (Å²) in [6.45, 7) is 6.53. The summed E-state index contributed by atoms with van der Waals surface area (Å²) in [4.78, 5) is 9.40. The molecule has 3 nitrogen and oxygen atoms in total. The fourth-order valence-electron chi connectivity index (χ4n) is 0.684. The van der Waals surface area contributed by atoms with E-state index in [-0.39, 0.29) is 5.60 Å². The Hall–Kier alpha value is -0.160. The number of hydrogen-bond donors (Lipinski definition) is 1. The first kappa shape index (κ1) is 10.9. The van der Waals surface area contributed by atoms with E-state index >= 15 is 0 Å². The Morgan fingerprint density at radius 2 is 2.31 bits per heavy atom. The van der Waals surface area contributed by atoms with Gasteiger partial charge < -0.3 is 0 Å². The van der Waals surface area contributed by atoms with Crippen molar-refractivity contribution < 1.29 is 4.84 Å². The van der Waals surface area contributed by atoms with Crippen molar-refractivity contribution in [3.63, 3.8) is 0 Å². The molecule has 0 atom stereocenters. The summed E-state index contributed by atoms with van der Waals surface area (Å²) in [6.07, 6.45) is 1.64. The van der Waals surface area contributed by atoms with Crippen molar-refractivity contribution in [2.45, 2.75) is 32.9 Å². The van der Waals surface area contributed by atoms with Crippen LogP contribution in [0.1, 0.15) is 25.8 Å². The average molecular weight is 221 g/mol. The van der Waals surface area contributed by atoms with E-state index in [1.165, 1.54) is 11.3 Å². The lowest BCUT2D eigenvalue weighted by molar-refractivity contribution is -0.0757. The normalized spacial score (nSPS) is 12.0. The summed E-state index contributed by atoms with van der Waals surface area (Å²) in [6, 6.07) is 0. The second-order valence-electron chi connectivity index (χ2n) is 3.59. The minimum absolute atomic E-state index is 0.180.